The van der Waals surface area contributed by atoms with Gasteiger partial charge in [-0.25, -0.2) is 0 Å². The molecule has 2 aliphatic rings. The van der Waals surface area contributed by atoms with Crippen LogP contribution in [0.15, 0.2) is 53.7 Å². The molecule has 1 aliphatic carbocycles. The van der Waals surface area contributed by atoms with E-state index in [2.05, 4.69) is 17.2 Å². The summed E-state index contributed by atoms with van der Waals surface area (Å²) in [6, 6.07) is 13.4. The van der Waals surface area contributed by atoms with Crippen LogP contribution in [-0.4, -0.2) is 34.6 Å². The van der Waals surface area contributed by atoms with Crippen LogP contribution in [0.3, 0.4) is 0 Å². The predicted octanol–water partition coefficient (Wildman–Crippen LogP) is 4.76. The molecule has 208 valence electrons. The summed E-state index contributed by atoms with van der Waals surface area (Å²) in [7, 11) is 0. The number of benzodiazepines with no additional fused rings is 1. The molecule has 8 nitrogen and oxygen atoms in total. The Morgan fingerprint density at radius 3 is 2.49 bits per heavy atom. The lowest BCUT2D eigenvalue weighted by Gasteiger charge is -2.36. The van der Waals surface area contributed by atoms with Crippen molar-refractivity contribution >= 4 is 29.1 Å². The second-order valence-electron chi connectivity index (χ2n) is 11.3. The number of rotatable bonds is 11. The number of carbonyl (C=O) groups is 3. The molecular formula is C31H41N5O3. The van der Waals surface area contributed by atoms with Crippen LogP contribution in [0.1, 0.15) is 83.4 Å². The minimum Gasteiger partial charge on any atom is -0.369 e. The molecule has 0 spiro atoms. The molecule has 2 unspecified atom stereocenters. The van der Waals surface area contributed by atoms with Gasteiger partial charge in [-0.05, 0) is 56.2 Å². The fourth-order valence-corrected chi connectivity index (χ4v) is 6.05. The van der Waals surface area contributed by atoms with Crippen LogP contribution in [-0.2, 0) is 20.9 Å². The summed E-state index contributed by atoms with van der Waals surface area (Å²) in [5.41, 5.74) is 8.13. The van der Waals surface area contributed by atoms with E-state index >= 15 is 0 Å². The number of benzene rings is 1. The summed E-state index contributed by atoms with van der Waals surface area (Å²) in [6.07, 6.45) is 6.53. The average molecular weight is 532 g/mol. The smallest absolute Gasteiger partial charge is 0.272 e. The van der Waals surface area contributed by atoms with Gasteiger partial charge in [-0.3, -0.25) is 24.4 Å². The van der Waals surface area contributed by atoms with Gasteiger partial charge >= 0.3 is 0 Å². The van der Waals surface area contributed by atoms with Crippen LogP contribution in [0.5, 0.6) is 0 Å². The lowest BCUT2D eigenvalue weighted by Crippen LogP contribution is -2.55. The third kappa shape index (κ3) is 6.21. The van der Waals surface area contributed by atoms with E-state index in [1.807, 2.05) is 56.3 Å². The predicted molar refractivity (Wildman–Crippen MR) is 153 cm³/mol. The Morgan fingerprint density at radius 1 is 1.13 bits per heavy atom. The van der Waals surface area contributed by atoms with Crippen LogP contribution in [0.2, 0.25) is 0 Å². The highest BCUT2D eigenvalue weighted by atomic mass is 16.2. The fourth-order valence-electron chi connectivity index (χ4n) is 6.05. The summed E-state index contributed by atoms with van der Waals surface area (Å²) in [5, 5.41) is 3.01. The van der Waals surface area contributed by atoms with E-state index in [0.29, 0.717) is 25.7 Å². The molecule has 1 aliphatic heterocycles. The van der Waals surface area contributed by atoms with Gasteiger partial charge in [0.25, 0.3) is 5.91 Å². The normalized spacial score (nSPS) is 19.3. The van der Waals surface area contributed by atoms with Gasteiger partial charge in [0, 0.05) is 17.5 Å². The monoisotopic (exact) mass is 531 g/mol. The summed E-state index contributed by atoms with van der Waals surface area (Å²) in [6.45, 7) is 6.43. The Kier molecular flexibility index (Phi) is 9.15. The molecule has 0 radical (unpaired) electrons. The lowest BCUT2D eigenvalue weighted by molar-refractivity contribution is -0.143. The topological polar surface area (TPSA) is 118 Å². The van der Waals surface area contributed by atoms with E-state index in [1.54, 1.807) is 11.1 Å². The first-order chi connectivity index (χ1) is 18.8. The minimum atomic E-state index is -1.11. The third-order valence-corrected chi connectivity index (χ3v) is 8.04. The number of pyridine rings is 1. The highest BCUT2D eigenvalue weighted by Gasteiger charge is 2.51. The van der Waals surface area contributed by atoms with Crippen molar-refractivity contribution in [2.45, 2.75) is 84.8 Å². The summed E-state index contributed by atoms with van der Waals surface area (Å²) in [5.74, 6) is -1.46. The molecule has 0 bridgehead atoms. The van der Waals surface area contributed by atoms with Crippen LogP contribution in [0, 0.1) is 17.3 Å². The number of para-hydroxylation sites is 1. The molecule has 39 heavy (non-hydrogen) atoms. The van der Waals surface area contributed by atoms with Crippen molar-refractivity contribution in [3.8, 4) is 0 Å². The molecule has 1 aromatic heterocycles. The standard InChI is InChI=1S/C31H41N5O3/c1-4-5-14-25-23-13-6-7-15-26(23)36(20-22-12-8-11-18-33-22)29(38)28(34-25)35-30(39)31(16-9-10-17-31)24(27(32)37)19-21(2)3/h6-8,11-13,15,18,21,24,28H,4-5,9-10,14,16-17,19-20H2,1-3H3,(H2,32,37)(H,35,39). The number of aromatic nitrogens is 1. The van der Waals surface area contributed by atoms with Crippen molar-refractivity contribution in [1.29, 1.82) is 0 Å². The summed E-state index contributed by atoms with van der Waals surface area (Å²) in [4.78, 5) is 51.9. The Labute approximate surface area is 231 Å². The molecule has 2 aromatic rings. The number of primary amides is 1. The van der Waals surface area contributed by atoms with E-state index in [-0.39, 0.29) is 24.3 Å². The van der Waals surface area contributed by atoms with Gasteiger partial charge in [0.15, 0.2) is 0 Å². The van der Waals surface area contributed by atoms with Gasteiger partial charge in [0.1, 0.15) is 0 Å². The number of anilines is 1. The van der Waals surface area contributed by atoms with Gasteiger partial charge in [-0.2, -0.15) is 0 Å². The van der Waals surface area contributed by atoms with Gasteiger partial charge < -0.3 is 16.0 Å². The molecule has 8 heteroatoms. The maximum absolute atomic E-state index is 14.2. The van der Waals surface area contributed by atoms with Gasteiger partial charge in [-0.1, -0.05) is 64.3 Å². The number of nitrogens with one attached hydrogen (secondary N) is 1. The molecule has 2 atom stereocenters. The van der Waals surface area contributed by atoms with Crippen molar-refractivity contribution < 1.29 is 14.4 Å². The first kappa shape index (κ1) is 28.5. The van der Waals surface area contributed by atoms with Crippen molar-refractivity contribution in [2.75, 3.05) is 4.90 Å². The van der Waals surface area contributed by atoms with Crippen molar-refractivity contribution in [1.82, 2.24) is 10.3 Å². The fraction of sp³-hybridized carbons (Fsp3) is 0.516. The van der Waals surface area contributed by atoms with Gasteiger partial charge in [-0.15, -0.1) is 0 Å². The Balaban J connectivity index is 1.74. The van der Waals surface area contributed by atoms with Crippen LogP contribution < -0.4 is 16.0 Å². The van der Waals surface area contributed by atoms with E-state index in [0.717, 1.165) is 48.3 Å². The number of fused-ring (bicyclic) bond motifs is 1. The Morgan fingerprint density at radius 2 is 1.85 bits per heavy atom. The molecule has 1 fully saturated rings. The quantitative estimate of drug-likeness (QED) is 0.435. The lowest BCUT2D eigenvalue weighted by atomic mass is 9.69. The summed E-state index contributed by atoms with van der Waals surface area (Å²) < 4.78 is 0. The molecule has 4 rings (SSSR count). The zero-order valence-corrected chi connectivity index (χ0v) is 23.4. The highest BCUT2D eigenvalue weighted by Crippen LogP contribution is 2.47. The maximum atomic E-state index is 14.2. The molecule has 2 heterocycles. The third-order valence-electron chi connectivity index (χ3n) is 8.04. The van der Waals surface area contributed by atoms with E-state index in [1.165, 1.54) is 0 Å². The molecule has 1 aromatic carbocycles. The van der Waals surface area contributed by atoms with E-state index in [4.69, 9.17) is 10.7 Å². The number of nitrogens with zero attached hydrogens (tertiary/aromatic N) is 3. The Hall–Kier alpha value is -3.55. The maximum Gasteiger partial charge on any atom is 0.272 e. The van der Waals surface area contributed by atoms with Gasteiger partial charge in [0.05, 0.1) is 29.3 Å². The Bertz CT molecular complexity index is 1200. The van der Waals surface area contributed by atoms with Gasteiger partial charge in [0.2, 0.25) is 18.0 Å². The number of nitrogens with two attached hydrogens (primary N) is 1. The number of aliphatic imine (C=N–C) groups is 1. The molecule has 3 amide bonds. The average Bonchev–Trinajstić information content (AvgIpc) is 3.39. The van der Waals surface area contributed by atoms with Crippen LogP contribution in [0.4, 0.5) is 5.69 Å². The SMILES string of the molecule is CCCCC1=NC(NC(=O)C2(C(CC(C)C)C(N)=O)CCCC2)C(=O)N(Cc2ccccn2)c2ccccc21. The van der Waals surface area contributed by atoms with Crippen LogP contribution >= 0.6 is 0 Å². The second kappa shape index (κ2) is 12.5. The zero-order chi connectivity index (χ0) is 28.0. The number of amides is 3. The van der Waals surface area contributed by atoms with Crippen molar-refractivity contribution in [2.24, 2.45) is 28.0 Å². The number of hydrogen-bond donors (Lipinski definition) is 2. The number of carbonyl (C=O) groups excluding carboxylic acids is 3. The van der Waals surface area contributed by atoms with Crippen molar-refractivity contribution in [3.05, 3.63) is 59.9 Å². The summed E-state index contributed by atoms with van der Waals surface area (Å²) >= 11 is 0. The molecule has 0 saturated heterocycles. The zero-order valence-electron chi connectivity index (χ0n) is 23.4. The number of hydrogen-bond acceptors (Lipinski definition) is 5. The first-order valence-electron chi connectivity index (χ1n) is 14.2. The largest absolute Gasteiger partial charge is 0.369 e. The van der Waals surface area contributed by atoms with E-state index in [9.17, 15) is 14.4 Å². The number of unbranched alkanes of at least 4 members (excludes halogenated alkanes) is 1. The molecular weight excluding hydrogens is 490 g/mol. The van der Waals surface area contributed by atoms with Crippen LogP contribution in [0.25, 0.3) is 0 Å². The minimum absolute atomic E-state index is 0.203. The first-order valence-corrected chi connectivity index (χ1v) is 14.2. The van der Waals surface area contributed by atoms with E-state index < -0.39 is 23.4 Å². The van der Waals surface area contributed by atoms with Crippen molar-refractivity contribution in [3.63, 3.8) is 0 Å². The molecule has 1 saturated carbocycles. The second-order valence-corrected chi connectivity index (χ2v) is 11.3. The highest BCUT2D eigenvalue weighted by molar-refractivity contribution is 6.13. The molecule has 3 N–H and O–H groups in total.